The first kappa shape index (κ1) is 17.7. The third kappa shape index (κ3) is 5.90. The van der Waals surface area contributed by atoms with Crippen LogP contribution in [-0.4, -0.2) is 34.4 Å². The van der Waals surface area contributed by atoms with Crippen molar-refractivity contribution >= 4 is 15.7 Å². The Morgan fingerprint density at radius 3 is 2.57 bits per heavy atom. The summed E-state index contributed by atoms with van der Waals surface area (Å²) in [7, 11) is -3.83. The van der Waals surface area contributed by atoms with Crippen LogP contribution in [0.2, 0.25) is 0 Å². The van der Waals surface area contributed by atoms with Crippen LogP contribution in [-0.2, 0) is 21.2 Å². The first-order valence-corrected chi connectivity index (χ1v) is 7.66. The minimum Gasteiger partial charge on any atom is -0.399 e. The number of alkyl halides is 3. The molecular formula is C12H17F3N2O3S. The summed E-state index contributed by atoms with van der Waals surface area (Å²) in [5.74, 6) is 0. The highest BCUT2D eigenvalue weighted by molar-refractivity contribution is 7.89. The molecule has 0 unspecified atom stereocenters. The first-order valence-electron chi connectivity index (χ1n) is 6.18. The lowest BCUT2D eigenvalue weighted by molar-refractivity contribution is -0.173. The van der Waals surface area contributed by atoms with Gasteiger partial charge in [-0.3, -0.25) is 0 Å². The fraction of sp³-hybridized carbons (Fsp3) is 0.500. The van der Waals surface area contributed by atoms with E-state index in [1.54, 1.807) is 19.1 Å². The van der Waals surface area contributed by atoms with Crippen LogP contribution in [0.15, 0.2) is 23.1 Å². The van der Waals surface area contributed by atoms with Crippen molar-refractivity contribution < 1.29 is 26.3 Å². The van der Waals surface area contributed by atoms with E-state index in [9.17, 15) is 21.6 Å². The summed E-state index contributed by atoms with van der Waals surface area (Å²) in [4.78, 5) is 0.0285. The summed E-state index contributed by atoms with van der Waals surface area (Å²) >= 11 is 0. The van der Waals surface area contributed by atoms with Crippen LogP contribution in [0.5, 0.6) is 0 Å². The van der Waals surface area contributed by atoms with Crippen molar-refractivity contribution in [2.75, 3.05) is 25.5 Å². The molecular weight excluding hydrogens is 309 g/mol. The lowest BCUT2D eigenvalue weighted by Gasteiger charge is -2.12. The van der Waals surface area contributed by atoms with E-state index >= 15 is 0 Å². The number of rotatable bonds is 7. The van der Waals surface area contributed by atoms with Gasteiger partial charge < -0.3 is 10.5 Å². The maximum atomic E-state index is 12.1. The molecule has 0 aliphatic rings. The van der Waals surface area contributed by atoms with Crippen molar-refractivity contribution in [3.8, 4) is 0 Å². The van der Waals surface area contributed by atoms with Gasteiger partial charge in [0.1, 0.15) is 6.61 Å². The normalized spacial score (nSPS) is 12.6. The Hall–Kier alpha value is -1.32. The zero-order valence-electron chi connectivity index (χ0n) is 11.4. The van der Waals surface area contributed by atoms with E-state index in [-0.39, 0.29) is 18.0 Å². The van der Waals surface area contributed by atoms with Crippen molar-refractivity contribution in [1.29, 1.82) is 0 Å². The highest BCUT2D eigenvalue weighted by Crippen LogP contribution is 2.19. The molecule has 0 fully saturated rings. The molecule has 1 aromatic carbocycles. The summed E-state index contributed by atoms with van der Waals surface area (Å²) in [6.45, 7) is -0.247. The predicted molar refractivity (Wildman–Crippen MR) is 72.3 cm³/mol. The molecule has 0 aliphatic carbocycles. The number of nitrogen functional groups attached to an aromatic ring is 1. The largest absolute Gasteiger partial charge is 0.411 e. The lowest BCUT2D eigenvalue weighted by atomic mass is 10.1. The molecule has 1 aromatic rings. The molecule has 0 bridgehead atoms. The van der Waals surface area contributed by atoms with Crippen molar-refractivity contribution in [3.05, 3.63) is 23.8 Å². The van der Waals surface area contributed by atoms with E-state index < -0.39 is 22.8 Å². The molecule has 0 spiro atoms. The SMILES string of the molecule is CCc1ccc(N)cc1S(=O)(=O)NCCOCC(F)(F)F. The fourth-order valence-corrected chi connectivity index (χ4v) is 2.98. The van der Waals surface area contributed by atoms with E-state index in [0.29, 0.717) is 17.7 Å². The van der Waals surface area contributed by atoms with Crippen molar-refractivity contribution in [1.82, 2.24) is 4.72 Å². The van der Waals surface area contributed by atoms with Gasteiger partial charge in [-0.2, -0.15) is 13.2 Å². The van der Waals surface area contributed by atoms with E-state index in [0.717, 1.165) is 0 Å². The Balaban J connectivity index is 2.64. The van der Waals surface area contributed by atoms with E-state index in [1.807, 2.05) is 0 Å². The number of anilines is 1. The molecule has 1 rings (SSSR count). The zero-order chi connectivity index (χ0) is 16.1. The van der Waals surface area contributed by atoms with Gasteiger partial charge in [-0.15, -0.1) is 0 Å². The number of halogens is 3. The molecule has 3 N–H and O–H groups in total. The van der Waals surface area contributed by atoms with Crippen LogP contribution in [0.1, 0.15) is 12.5 Å². The molecule has 0 saturated carbocycles. The van der Waals surface area contributed by atoms with Crippen LogP contribution in [0, 0.1) is 0 Å². The third-order valence-corrected chi connectivity index (χ3v) is 4.11. The van der Waals surface area contributed by atoms with Gasteiger partial charge in [-0.05, 0) is 24.1 Å². The maximum Gasteiger partial charge on any atom is 0.411 e. The third-order valence-electron chi connectivity index (χ3n) is 2.57. The minimum absolute atomic E-state index is 0.0285. The summed E-state index contributed by atoms with van der Waals surface area (Å²) in [6.07, 6.45) is -3.94. The van der Waals surface area contributed by atoms with Gasteiger partial charge in [-0.25, -0.2) is 13.1 Å². The topological polar surface area (TPSA) is 81.4 Å². The number of benzene rings is 1. The van der Waals surface area contributed by atoms with Crippen molar-refractivity contribution in [2.45, 2.75) is 24.4 Å². The number of hydrogen-bond acceptors (Lipinski definition) is 4. The number of nitrogens with two attached hydrogens (primary N) is 1. The number of aryl methyl sites for hydroxylation is 1. The number of hydrogen-bond donors (Lipinski definition) is 2. The molecule has 5 nitrogen and oxygen atoms in total. The second-order valence-corrected chi connectivity index (χ2v) is 6.02. The van der Waals surface area contributed by atoms with Gasteiger partial charge in [0.2, 0.25) is 10.0 Å². The molecule has 21 heavy (non-hydrogen) atoms. The summed E-state index contributed by atoms with van der Waals surface area (Å²) < 4.78 is 66.2. The highest BCUT2D eigenvalue weighted by atomic mass is 32.2. The molecule has 120 valence electrons. The molecule has 0 aromatic heterocycles. The highest BCUT2D eigenvalue weighted by Gasteiger charge is 2.27. The van der Waals surface area contributed by atoms with Crippen LogP contribution >= 0.6 is 0 Å². The average Bonchev–Trinajstić information content (AvgIpc) is 2.36. The van der Waals surface area contributed by atoms with E-state index in [1.165, 1.54) is 6.07 Å². The molecule has 0 amide bonds. The standard InChI is InChI=1S/C12H17F3N2O3S/c1-2-9-3-4-10(16)7-11(9)21(18,19)17-5-6-20-8-12(13,14)15/h3-4,7,17H,2,5-6,8,16H2,1H3. The molecule has 0 saturated heterocycles. The second-order valence-electron chi connectivity index (χ2n) is 4.29. The Kier molecular flexibility index (Phi) is 5.99. The van der Waals surface area contributed by atoms with E-state index in [2.05, 4.69) is 9.46 Å². The van der Waals surface area contributed by atoms with Gasteiger partial charge >= 0.3 is 6.18 Å². The first-order chi connectivity index (χ1) is 9.65. The van der Waals surface area contributed by atoms with Gasteiger partial charge in [0.25, 0.3) is 0 Å². The predicted octanol–water partition coefficient (Wildman–Crippen LogP) is 1.69. The zero-order valence-corrected chi connectivity index (χ0v) is 12.2. The average molecular weight is 326 g/mol. The second kappa shape index (κ2) is 7.10. The Morgan fingerprint density at radius 1 is 1.33 bits per heavy atom. The molecule has 0 radical (unpaired) electrons. The van der Waals surface area contributed by atoms with Crippen LogP contribution in [0.3, 0.4) is 0 Å². The monoisotopic (exact) mass is 326 g/mol. The number of nitrogens with one attached hydrogen (secondary N) is 1. The summed E-state index contributed by atoms with van der Waals surface area (Å²) in [5, 5.41) is 0. The van der Waals surface area contributed by atoms with Crippen LogP contribution in [0.25, 0.3) is 0 Å². The minimum atomic E-state index is -4.43. The Bertz CT molecular complexity index is 574. The van der Waals surface area contributed by atoms with Crippen LogP contribution in [0.4, 0.5) is 18.9 Å². The Labute approximate surface area is 121 Å². The summed E-state index contributed by atoms with van der Waals surface area (Å²) in [6, 6.07) is 4.51. The smallest absolute Gasteiger partial charge is 0.399 e. The number of ether oxygens (including phenoxy) is 1. The van der Waals surface area contributed by atoms with Gasteiger partial charge in [0.05, 0.1) is 11.5 Å². The van der Waals surface area contributed by atoms with Gasteiger partial charge in [-0.1, -0.05) is 13.0 Å². The van der Waals surface area contributed by atoms with Gasteiger partial charge in [0.15, 0.2) is 0 Å². The fourth-order valence-electron chi connectivity index (χ4n) is 1.63. The van der Waals surface area contributed by atoms with Gasteiger partial charge in [0, 0.05) is 12.2 Å². The Morgan fingerprint density at radius 2 is 2.00 bits per heavy atom. The molecule has 0 atom stereocenters. The maximum absolute atomic E-state index is 12.1. The lowest BCUT2D eigenvalue weighted by Crippen LogP contribution is -2.29. The molecule has 9 heteroatoms. The quantitative estimate of drug-likeness (QED) is 0.590. The molecule has 0 heterocycles. The van der Waals surface area contributed by atoms with Crippen LogP contribution < -0.4 is 10.5 Å². The molecule has 0 aliphatic heterocycles. The van der Waals surface area contributed by atoms with Crippen molar-refractivity contribution in [2.24, 2.45) is 0 Å². The number of sulfonamides is 1. The van der Waals surface area contributed by atoms with Crippen molar-refractivity contribution in [3.63, 3.8) is 0 Å². The summed E-state index contributed by atoms with van der Waals surface area (Å²) in [5.41, 5.74) is 6.43. The van der Waals surface area contributed by atoms with E-state index in [4.69, 9.17) is 5.73 Å².